The van der Waals surface area contributed by atoms with Crippen LogP contribution >= 0.6 is 27.5 Å². The summed E-state index contributed by atoms with van der Waals surface area (Å²) in [6.45, 7) is 3.78. The summed E-state index contributed by atoms with van der Waals surface area (Å²) in [5.74, 6) is -0.767. The first-order valence-electron chi connectivity index (χ1n) is 6.34. The van der Waals surface area contributed by atoms with Gasteiger partial charge in [-0.05, 0) is 39.5 Å². The predicted molar refractivity (Wildman–Crippen MR) is 80.1 cm³/mol. The van der Waals surface area contributed by atoms with Gasteiger partial charge in [0, 0.05) is 10.0 Å². The van der Waals surface area contributed by atoms with Gasteiger partial charge in [0.1, 0.15) is 0 Å². The van der Waals surface area contributed by atoms with Gasteiger partial charge in [-0.1, -0.05) is 30.6 Å². The monoisotopic (exact) mass is 370 g/mol. The molecule has 1 aliphatic carbocycles. The molecular weight excluding hydrogens is 360 g/mol. The fourth-order valence-electron chi connectivity index (χ4n) is 2.67. The molecule has 2 atom stereocenters. The number of aromatic nitrogens is 2. The van der Waals surface area contributed by atoms with Crippen molar-refractivity contribution in [2.24, 2.45) is 11.3 Å². The van der Waals surface area contributed by atoms with Crippen molar-refractivity contribution >= 4 is 33.5 Å². The van der Waals surface area contributed by atoms with Crippen molar-refractivity contribution in [3.05, 3.63) is 33.6 Å². The van der Waals surface area contributed by atoms with Crippen LogP contribution in [0.2, 0.25) is 5.02 Å². The molecule has 0 spiro atoms. The average Bonchev–Trinajstić information content (AvgIpc) is 2.78. The molecule has 0 radical (unpaired) electrons. The molecule has 1 aliphatic rings. The van der Waals surface area contributed by atoms with E-state index in [1.165, 1.54) is 0 Å². The molecule has 1 fully saturated rings. The van der Waals surface area contributed by atoms with E-state index in [1.54, 1.807) is 18.2 Å². The minimum absolute atomic E-state index is 0.244. The Bertz CT molecular complexity index is 729. The topological polar surface area (TPSA) is 76.2 Å². The van der Waals surface area contributed by atoms with Crippen molar-refractivity contribution in [1.29, 1.82) is 0 Å². The molecule has 0 saturated heterocycles. The van der Waals surface area contributed by atoms with E-state index in [9.17, 15) is 9.90 Å². The summed E-state index contributed by atoms with van der Waals surface area (Å²) in [7, 11) is 0. The van der Waals surface area contributed by atoms with Crippen LogP contribution in [0.4, 0.5) is 0 Å². The molecule has 3 rings (SSSR count). The van der Waals surface area contributed by atoms with E-state index in [4.69, 9.17) is 16.1 Å². The van der Waals surface area contributed by atoms with E-state index in [1.807, 2.05) is 13.8 Å². The minimum atomic E-state index is -0.834. The van der Waals surface area contributed by atoms with Crippen LogP contribution in [-0.4, -0.2) is 21.2 Å². The number of hydrogen-bond acceptors (Lipinski definition) is 4. The lowest BCUT2D eigenvalue weighted by Gasteiger charge is -1.98. The van der Waals surface area contributed by atoms with E-state index in [2.05, 4.69) is 26.1 Å². The Kier molecular flexibility index (Phi) is 3.33. The van der Waals surface area contributed by atoms with Crippen molar-refractivity contribution < 1.29 is 14.4 Å². The zero-order valence-corrected chi connectivity index (χ0v) is 13.6. The predicted octanol–water partition coefficient (Wildman–Crippen LogP) is 3.98. The standard InChI is InChI=1S/C14H12BrClN2O3/c1-14(2)9(10(14)13(19)20)12-17-11(18-21-12)6-3-4-8(16)7(15)5-6/h3-5,9-10H,1-2H3,(H,19,20). The number of carboxylic acid groups (broad SMARTS) is 1. The number of rotatable bonds is 3. The highest BCUT2D eigenvalue weighted by molar-refractivity contribution is 9.10. The average molecular weight is 372 g/mol. The Morgan fingerprint density at radius 2 is 2.19 bits per heavy atom. The number of nitrogens with zero attached hydrogens (tertiary/aromatic N) is 2. The molecule has 1 heterocycles. The van der Waals surface area contributed by atoms with Crippen LogP contribution in [0.1, 0.15) is 25.7 Å². The SMILES string of the molecule is CC1(C)C(C(=O)O)C1c1nc(-c2ccc(Cl)c(Br)c2)no1. The molecular formula is C14H12BrClN2O3. The van der Waals surface area contributed by atoms with Crippen LogP contribution in [0.5, 0.6) is 0 Å². The first kappa shape index (κ1) is 14.5. The second-order valence-electron chi connectivity index (χ2n) is 5.70. The van der Waals surface area contributed by atoms with Gasteiger partial charge in [0.25, 0.3) is 0 Å². The van der Waals surface area contributed by atoms with Gasteiger partial charge in [-0.25, -0.2) is 0 Å². The van der Waals surface area contributed by atoms with Gasteiger partial charge < -0.3 is 9.63 Å². The smallest absolute Gasteiger partial charge is 0.307 e. The third-order valence-electron chi connectivity index (χ3n) is 3.98. The van der Waals surface area contributed by atoms with Crippen LogP contribution < -0.4 is 0 Å². The molecule has 1 saturated carbocycles. The first-order chi connectivity index (χ1) is 9.82. The molecule has 0 bridgehead atoms. The lowest BCUT2D eigenvalue weighted by Crippen LogP contribution is -2.03. The number of aliphatic carboxylic acids is 1. The molecule has 110 valence electrons. The van der Waals surface area contributed by atoms with Crippen LogP contribution in [0.15, 0.2) is 27.2 Å². The normalized spacial score (nSPS) is 23.0. The van der Waals surface area contributed by atoms with Crippen molar-refractivity contribution in [2.45, 2.75) is 19.8 Å². The molecule has 1 aromatic carbocycles. The van der Waals surface area contributed by atoms with Crippen molar-refractivity contribution in [1.82, 2.24) is 10.1 Å². The number of carboxylic acids is 1. The van der Waals surface area contributed by atoms with Gasteiger partial charge in [-0.3, -0.25) is 4.79 Å². The van der Waals surface area contributed by atoms with E-state index in [-0.39, 0.29) is 11.3 Å². The van der Waals surface area contributed by atoms with Gasteiger partial charge in [0.15, 0.2) is 0 Å². The summed E-state index contributed by atoms with van der Waals surface area (Å²) in [5, 5.41) is 13.7. The maximum absolute atomic E-state index is 11.2. The maximum Gasteiger partial charge on any atom is 0.307 e. The zero-order chi connectivity index (χ0) is 15.4. The molecule has 7 heteroatoms. The number of carbonyl (C=O) groups is 1. The third kappa shape index (κ3) is 2.36. The van der Waals surface area contributed by atoms with Crippen LogP contribution in [0.25, 0.3) is 11.4 Å². The van der Waals surface area contributed by atoms with E-state index >= 15 is 0 Å². The molecule has 1 aromatic heterocycles. The summed E-state index contributed by atoms with van der Waals surface area (Å²) in [4.78, 5) is 15.5. The number of halogens is 2. The Balaban J connectivity index is 1.91. The minimum Gasteiger partial charge on any atom is -0.481 e. The second kappa shape index (κ2) is 4.81. The summed E-state index contributed by atoms with van der Waals surface area (Å²) in [6.07, 6.45) is 0. The van der Waals surface area contributed by atoms with Crippen molar-refractivity contribution in [2.75, 3.05) is 0 Å². The molecule has 5 nitrogen and oxygen atoms in total. The fourth-order valence-corrected chi connectivity index (χ4v) is 3.17. The lowest BCUT2D eigenvalue weighted by atomic mass is 10.1. The van der Waals surface area contributed by atoms with Gasteiger partial charge in [0.05, 0.1) is 16.9 Å². The lowest BCUT2D eigenvalue weighted by molar-refractivity contribution is -0.139. The number of hydrogen-bond donors (Lipinski definition) is 1. The molecule has 0 amide bonds. The van der Waals surface area contributed by atoms with Crippen LogP contribution in [0, 0.1) is 11.3 Å². The molecule has 21 heavy (non-hydrogen) atoms. The first-order valence-corrected chi connectivity index (χ1v) is 7.51. The van der Waals surface area contributed by atoms with Crippen LogP contribution in [-0.2, 0) is 4.79 Å². The number of benzene rings is 1. The molecule has 0 aliphatic heterocycles. The van der Waals surface area contributed by atoms with Crippen molar-refractivity contribution in [3.63, 3.8) is 0 Å². The summed E-state index contributed by atoms with van der Waals surface area (Å²) in [5.41, 5.74) is 0.391. The largest absolute Gasteiger partial charge is 0.481 e. The van der Waals surface area contributed by atoms with E-state index in [0.717, 1.165) is 10.0 Å². The summed E-state index contributed by atoms with van der Waals surface area (Å²) < 4.78 is 6.00. The highest BCUT2D eigenvalue weighted by atomic mass is 79.9. The van der Waals surface area contributed by atoms with E-state index < -0.39 is 11.9 Å². The Morgan fingerprint density at radius 3 is 2.76 bits per heavy atom. The van der Waals surface area contributed by atoms with Gasteiger partial charge in [-0.2, -0.15) is 4.98 Å². The molecule has 2 aromatic rings. The second-order valence-corrected chi connectivity index (χ2v) is 6.96. The van der Waals surface area contributed by atoms with Gasteiger partial charge in [-0.15, -0.1) is 0 Å². The maximum atomic E-state index is 11.2. The van der Waals surface area contributed by atoms with Gasteiger partial charge in [0.2, 0.25) is 11.7 Å². The Labute approximate surface area is 134 Å². The molecule has 2 unspecified atom stereocenters. The molecule has 1 N–H and O–H groups in total. The summed E-state index contributed by atoms with van der Waals surface area (Å²) in [6, 6.07) is 5.32. The van der Waals surface area contributed by atoms with Crippen molar-refractivity contribution in [3.8, 4) is 11.4 Å². The quantitative estimate of drug-likeness (QED) is 0.883. The highest BCUT2D eigenvalue weighted by Crippen LogP contribution is 2.64. The fraction of sp³-hybridized carbons (Fsp3) is 0.357. The summed E-state index contributed by atoms with van der Waals surface area (Å²) >= 11 is 9.29. The van der Waals surface area contributed by atoms with E-state index in [0.29, 0.717) is 16.7 Å². The zero-order valence-electron chi connectivity index (χ0n) is 11.3. The third-order valence-corrected chi connectivity index (χ3v) is 5.19. The van der Waals surface area contributed by atoms with Crippen LogP contribution in [0.3, 0.4) is 0 Å². The highest BCUT2D eigenvalue weighted by Gasteiger charge is 2.65. The Hall–Kier alpha value is -1.40. The van der Waals surface area contributed by atoms with Gasteiger partial charge >= 0.3 is 5.97 Å². The Morgan fingerprint density at radius 1 is 1.48 bits per heavy atom.